The number of aliphatic hydroxyl groups is 1. The molecule has 2 rings (SSSR count). The van der Waals surface area contributed by atoms with Crippen LogP contribution in [0.15, 0.2) is 65.6 Å². The van der Waals surface area contributed by atoms with Crippen LogP contribution < -0.4 is 0 Å². The first-order valence-electron chi connectivity index (χ1n) is 5.77. The molecular formula is C15H16OS. The van der Waals surface area contributed by atoms with Gasteiger partial charge in [-0.2, -0.15) is 0 Å². The molecule has 0 aliphatic heterocycles. The van der Waals surface area contributed by atoms with Crippen LogP contribution in [0.5, 0.6) is 0 Å². The van der Waals surface area contributed by atoms with Gasteiger partial charge in [0.25, 0.3) is 0 Å². The van der Waals surface area contributed by atoms with E-state index in [1.54, 1.807) is 11.8 Å². The monoisotopic (exact) mass is 244 g/mol. The van der Waals surface area contributed by atoms with E-state index in [1.807, 2.05) is 48.5 Å². The Kier molecular flexibility index (Phi) is 4.65. The first kappa shape index (κ1) is 12.2. The second kappa shape index (κ2) is 6.48. The average Bonchev–Trinajstić information content (AvgIpc) is 2.41. The van der Waals surface area contributed by atoms with Crippen LogP contribution >= 0.6 is 11.8 Å². The van der Waals surface area contributed by atoms with E-state index in [9.17, 15) is 5.11 Å². The third-order valence-electron chi connectivity index (χ3n) is 2.59. The maximum atomic E-state index is 9.99. The van der Waals surface area contributed by atoms with Crippen LogP contribution in [0.3, 0.4) is 0 Å². The Morgan fingerprint density at radius 1 is 0.882 bits per heavy atom. The van der Waals surface area contributed by atoms with Gasteiger partial charge in [0.1, 0.15) is 0 Å². The number of hydrogen-bond donors (Lipinski definition) is 1. The number of hydrogen-bond acceptors (Lipinski definition) is 2. The zero-order chi connectivity index (χ0) is 11.9. The Balaban J connectivity index is 1.79. The summed E-state index contributed by atoms with van der Waals surface area (Å²) in [6.45, 7) is 0. The van der Waals surface area contributed by atoms with Crippen LogP contribution in [-0.2, 0) is 0 Å². The van der Waals surface area contributed by atoms with Crippen molar-refractivity contribution in [2.24, 2.45) is 0 Å². The van der Waals surface area contributed by atoms with Crippen LogP contribution in [0.1, 0.15) is 18.1 Å². The summed E-state index contributed by atoms with van der Waals surface area (Å²) >= 11 is 1.78. The molecule has 0 aliphatic rings. The highest BCUT2D eigenvalue weighted by atomic mass is 32.2. The van der Waals surface area contributed by atoms with Crippen molar-refractivity contribution < 1.29 is 5.11 Å². The van der Waals surface area contributed by atoms with Crippen molar-refractivity contribution in [1.29, 1.82) is 0 Å². The van der Waals surface area contributed by atoms with Crippen LogP contribution in [0.4, 0.5) is 0 Å². The lowest BCUT2D eigenvalue weighted by Crippen LogP contribution is -1.98. The van der Waals surface area contributed by atoms with E-state index in [-0.39, 0.29) is 6.10 Å². The van der Waals surface area contributed by atoms with Gasteiger partial charge in [-0.15, -0.1) is 11.8 Å². The highest BCUT2D eigenvalue weighted by Gasteiger charge is 2.06. The van der Waals surface area contributed by atoms with Gasteiger partial charge in [-0.05, 0) is 24.1 Å². The molecule has 0 amide bonds. The molecule has 0 aromatic heterocycles. The summed E-state index contributed by atoms with van der Waals surface area (Å²) in [5.41, 5.74) is 1.00. The van der Waals surface area contributed by atoms with Crippen molar-refractivity contribution >= 4 is 11.8 Å². The SMILES string of the molecule is O[C@H](CCSc1ccccc1)c1ccccc1. The lowest BCUT2D eigenvalue weighted by molar-refractivity contribution is 0.175. The predicted molar refractivity (Wildman–Crippen MR) is 73.2 cm³/mol. The number of benzene rings is 2. The van der Waals surface area contributed by atoms with Gasteiger partial charge in [0.2, 0.25) is 0 Å². The minimum absolute atomic E-state index is 0.354. The molecule has 1 N–H and O–H groups in total. The molecule has 2 heteroatoms. The summed E-state index contributed by atoms with van der Waals surface area (Å²) in [6, 6.07) is 20.1. The maximum absolute atomic E-state index is 9.99. The number of thioether (sulfide) groups is 1. The van der Waals surface area contributed by atoms with Crippen LogP contribution in [-0.4, -0.2) is 10.9 Å². The van der Waals surface area contributed by atoms with Crippen LogP contribution in [0.2, 0.25) is 0 Å². The fraction of sp³-hybridized carbons (Fsp3) is 0.200. The minimum Gasteiger partial charge on any atom is -0.388 e. The molecule has 0 bridgehead atoms. The molecule has 0 aliphatic carbocycles. The van der Waals surface area contributed by atoms with Gasteiger partial charge in [0.15, 0.2) is 0 Å². The molecule has 0 spiro atoms. The zero-order valence-corrected chi connectivity index (χ0v) is 10.4. The Bertz CT molecular complexity index is 427. The van der Waals surface area contributed by atoms with E-state index in [0.29, 0.717) is 0 Å². The summed E-state index contributed by atoms with van der Waals surface area (Å²) in [4.78, 5) is 1.26. The normalized spacial score (nSPS) is 12.3. The second-order valence-corrected chi connectivity index (χ2v) is 5.04. The summed E-state index contributed by atoms with van der Waals surface area (Å²) in [7, 11) is 0. The Morgan fingerprint density at radius 3 is 2.12 bits per heavy atom. The van der Waals surface area contributed by atoms with E-state index in [4.69, 9.17) is 0 Å². The van der Waals surface area contributed by atoms with E-state index in [1.165, 1.54) is 4.90 Å². The molecule has 88 valence electrons. The summed E-state index contributed by atoms with van der Waals surface area (Å²) in [5.74, 6) is 0.931. The topological polar surface area (TPSA) is 20.2 Å². The van der Waals surface area contributed by atoms with Gasteiger partial charge in [-0.3, -0.25) is 0 Å². The van der Waals surface area contributed by atoms with E-state index in [2.05, 4.69) is 12.1 Å². The quantitative estimate of drug-likeness (QED) is 0.805. The van der Waals surface area contributed by atoms with Gasteiger partial charge < -0.3 is 5.11 Å². The smallest absolute Gasteiger partial charge is 0.0798 e. The lowest BCUT2D eigenvalue weighted by Gasteiger charge is -2.10. The number of rotatable bonds is 5. The van der Waals surface area contributed by atoms with Gasteiger partial charge in [-0.25, -0.2) is 0 Å². The van der Waals surface area contributed by atoms with Gasteiger partial charge >= 0.3 is 0 Å². The predicted octanol–water partition coefficient (Wildman–Crippen LogP) is 3.90. The average molecular weight is 244 g/mol. The second-order valence-electron chi connectivity index (χ2n) is 3.88. The van der Waals surface area contributed by atoms with Crippen molar-refractivity contribution in [2.75, 3.05) is 5.75 Å². The van der Waals surface area contributed by atoms with Crippen LogP contribution in [0, 0.1) is 0 Å². The highest BCUT2D eigenvalue weighted by Crippen LogP contribution is 2.23. The summed E-state index contributed by atoms with van der Waals surface area (Å²) in [5, 5.41) is 9.99. The molecule has 0 heterocycles. The molecule has 1 nitrogen and oxygen atoms in total. The molecule has 1 atom stereocenters. The Labute approximate surface area is 107 Å². The Hall–Kier alpha value is -1.25. The fourth-order valence-electron chi connectivity index (χ4n) is 1.65. The van der Waals surface area contributed by atoms with Gasteiger partial charge in [0.05, 0.1) is 6.10 Å². The fourth-order valence-corrected chi connectivity index (χ4v) is 2.57. The van der Waals surface area contributed by atoms with Gasteiger partial charge in [-0.1, -0.05) is 48.5 Å². The third-order valence-corrected chi connectivity index (χ3v) is 3.63. The first-order valence-corrected chi connectivity index (χ1v) is 6.75. The molecule has 17 heavy (non-hydrogen) atoms. The lowest BCUT2D eigenvalue weighted by atomic mass is 10.1. The van der Waals surface area contributed by atoms with E-state index >= 15 is 0 Å². The molecule has 2 aromatic carbocycles. The van der Waals surface area contributed by atoms with Crippen molar-refractivity contribution in [2.45, 2.75) is 17.4 Å². The standard InChI is InChI=1S/C15H16OS/c16-15(13-7-3-1-4-8-13)11-12-17-14-9-5-2-6-10-14/h1-10,15-16H,11-12H2/t15-/m1/s1. The van der Waals surface area contributed by atoms with Gasteiger partial charge in [0, 0.05) is 10.6 Å². The molecule has 0 radical (unpaired) electrons. The molecule has 2 aromatic rings. The first-order chi connectivity index (χ1) is 8.36. The molecular weight excluding hydrogens is 228 g/mol. The van der Waals surface area contributed by atoms with Crippen molar-refractivity contribution in [3.63, 3.8) is 0 Å². The summed E-state index contributed by atoms with van der Waals surface area (Å²) in [6.07, 6.45) is 0.427. The molecule has 0 unspecified atom stereocenters. The van der Waals surface area contributed by atoms with E-state index < -0.39 is 0 Å². The van der Waals surface area contributed by atoms with E-state index in [0.717, 1.165) is 17.7 Å². The zero-order valence-electron chi connectivity index (χ0n) is 9.62. The Morgan fingerprint density at radius 2 is 1.47 bits per heavy atom. The molecule has 0 saturated carbocycles. The molecule has 0 saturated heterocycles. The van der Waals surface area contributed by atoms with Crippen LogP contribution in [0.25, 0.3) is 0 Å². The molecule has 0 fully saturated rings. The highest BCUT2D eigenvalue weighted by molar-refractivity contribution is 7.99. The van der Waals surface area contributed by atoms with Crippen molar-refractivity contribution in [3.8, 4) is 0 Å². The summed E-state index contributed by atoms with van der Waals surface area (Å²) < 4.78 is 0. The maximum Gasteiger partial charge on any atom is 0.0798 e. The minimum atomic E-state index is -0.354. The largest absolute Gasteiger partial charge is 0.388 e. The van der Waals surface area contributed by atoms with Crippen molar-refractivity contribution in [3.05, 3.63) is 66.2 Å². The number of aliphatic hydroxyl groups excluding tert-OH is 1. The van der Waals surface area contributed by atoms with Crippen molar-refractivity contribution in [1.82, 2.24) is 0 Å². The third kappa shape index (κ3) is 3.91.